The van der Waals surface area contributed by atoms with Crippen molar-refractivity contribution in [2.24, 2.45) is 7.05 Å². The lowest BCUT2D eigenvalue weighted by atomic mass is 10.2. The molecule has 0 atom stereocenters. The standard InChI is InChI=1S/C19H18N6O/c1-12-8-9-21-25(12)16-6-4-14(5-7-16)19(26)22-15-10-17-13(2)23-24(3)18(17)20-11-15/h4-11H,1-3H3,(H,22,26). The molecule has 0 bridgehead atoms. The average molecular weight is 346 g/mol. The minimum Gasteiger partial charge on any atom is -0.321 e. The molecule has 4 aromatic rings. The summed E-state index contributed by atoms with van der Waals surface area (Å²) in [5.74, 6) is -0.184. The Balaban J connectivity index is 1.56. The van der Waals surface area contributed by atoms with E-state index in [0.29, 0.717) is 11.3 Å². The van der Waals surface area contributed by atoms with Gasteiger partial charge in [0.15, 0.2) is 5.65 Å². The molecule has 0 saturated carbocycles. The third-order valence-electron chi connectivity index (χ3n) is 4.33. The Morgan fingerprint density at radius 3 is 2.58 bits per heavy atom. The summed E-state index contributed by atoms with van der Waals surface area (Å²) in [6.45, 7) is 3.91. The summed E-state index contributed by atoms with van der Waals surface area (Å²) >= 11 is 0. The summed E-state index contributed by atoms with van der Waals surface area (Å²) in [5.41, 5.74) is 4.84. The SMILES string of the molecule is Cc1nn(C)c2ncc(NC(=O)c3ccc(-n4nccc4C)cc3)cc12. The zero-order valence-electron chi connectivity index (χ0n) is 14.8. The summed E-state index contributed by atoms with van der Waals surface area (Å²) in [4.78, 5) is 16.9. The highest BCUT2D eigenvalue weighted by molar-refractivity contribution is 6.05. The van der Waals surface area contributed by atoms with Gasteiger partial charge in [0, 0.05) is 29.9 Å². The van der Waals surface area contributed by atoms with E-state index in [1.165, 1.54) is 0 Å². The van der Waals surface area contributed by atoms with Gasteiger partial charge in [0.1, 0.15) is 0 Å². The van der Waals surface area contributed by atoms with Crippen LogP contribution in [0.25, 0.3) is 16.7 Å². The van der Waals surface area contributed by atoms with Gasteiger partial charge in [0.2, 0.25) is 0 Å². The van der Waals surface area contributed by atoms with Crippen LogP contribution in [0.2, 0.25) is 0 Å². The van der Waals surface area contributed by atoms with Crippen molar-refractivity contribution in [1.29, 1.82) is 0 Å². The molecule has 1 amide bonds. The average Bonchev–Trinajstić information content (AvgIpc) is 3.18. The van der Waals surface area contributed by atoms with E-state index in [2.05, 4.69) is 20.5 Å². The molecule has 0 fully saturated rings. The Labute approximate surface area is 150 Å². The molecule has 0 radical (unpaired) electrons. The van der Waals surface area contributed by atoms with Gasteiger partial charge in [-0.15, -0.1) is 0 Å². The number of aryl methyl sites for hydroxylation is 3. The first-order valence-electron chi connectivity index (χ1n) is 8.25. The second-order valence-corrected chi connectivity index (χ2v) is 6.19. The van der Waals surface area contributed by atoms with Crippen LogP contribution in [0.4, 0.5) is 5.69 Å². The van der Waals surface area contributed by atoms with Gasteiger partial charge in [-0.2, -0.15) is 10.2 Å². The predicted octanol–water partition coefficient (Wildman–Crippen LogP) is 3.02. The van der Waals surface area contributed by atoms with Crippen LogP contribution in [0.5, 0.6) is 0 Å². The lowest BCUT2D eigenvalue weighted by Crippen LogP contribution is -2.12. The van der Waals surface area contributed by atoms with Crippen LogP contribution < -0.4 is 5.32 Å². The van der Waals surface area contributed by atoms with E-state index in [0.717, 1.165) is 28.1 Å². The van der Waals surface area contributed by atoms with Crippen LogP contribution in [0.15, 0.2) is 48.8 Å². The van der Waals surface area contributed by atoms with E-state index in [4.69, 9.17) is 0 Å². The maximum atomic E-state index is 12.5. The molecule has 0 saturated heterocycles. The Hall–Kier alpha value is -3.48. The minimum absolute atomic E-state index is 0.184. The summed E-state index contributed by atoms with van der Waals surface area (Å²) in [6.07, 6.45) is 3.39. The number of benzene rings is 1. The number of carbonyl (C=O) groups is 1. The van der Waals surface area contributed by atoms with E-state index in [9.17, 15) is 4.79 Å². The Bertz CT molecular complexity index is 1110. The van der Waals surface area contributed by atoms with Gasteiger partial charge in [-0.05, 0) is 50.2 Å². The van der Waals surface area contributed by atoms with Gasteiger partial charge in [-0.3, -0.25) is 9.48 Å². The van der Waals surface area contributed by atoms with E-state index < -0.39 is 0 Å². The van der Waals surface area contributed by atoms with Gasteiger partial charge in [0.25, 0.3) is 5.91 Å². The molecule has 0 aliphatic heterocycles. The fourth-order valence-corrected chi connectivity index (χ4v) is 2.97. The summed E-state index contributed by atoms with van der Waals surface area (Å²) in [5, 5.41) is 12.4. The van der Waals surface area contributed by atoms with Crippen LogP contribution in [0, 0.1) is 13.8 Å². The number of anilines is 1. The first-order chi connectivity index (χ1) is 12.5. The fraction of sp³-hybridized carbons (Fsp3) is 0.158. The molecule has 1 aromatic carbocycles. The monoisotopic (exact) mass is 346 g/mol. The molecule has 3 heterocycles. The van der Waals surface area contributed by atoms with Crippen LogP contribution in [-0.2, 0) is 7.05 Å². The van der Waals surface area contributed by atoms with Crippen molar-refractivity contribution in [3.63, 3.8) is 0 Å². The maximum absolute atomic E-state index is 12.5. The van der Waals surface area contributed by atoms with E-state index in [1.54, 1.807) is 29.2 Å². The molecule has 4 rings (SSSR count). The van der Waals surface area contributed by atoms with Gasteiger partial charge < -0.3 is 5.32 Å². The molecule has 1 N–H and O–H groups in total. The second kappa shape index (κ2) is 6.11. The van der Waals surface area contributed by atoms with Crippen molar-refractivity contribution < 1.29 is 4.79 Å². The molecular weight excluding hydrogens is 328 g/mol. The topological polar surface area (TPSA) is 77.6 Å². The first-order valence-corrected chi connectivity index (χ1v) is 8.25. The van der Waals surface area contributed by atoms with Gasteiger partial charge in [0.05, 0.1) is 23.3 Å². The van der Waals surface area contributed by atoms with Crippen LogP contribution >= 0.6 is 0 Å². The minimum atomic E-state index is -0.184. The smallest absolute Gasteiger partial charge is 0.255 e. The van der Waals surface area contributed by atoms with Crippen molar-refractivity contribution in [2.45, 2.75) is 13.8 Å². The van der Waals surface area contributed by atoms with E-state index >= 15 is 0 Å². The molecule has 7 heteroatoms. The van der Waals surface area contributed by atoms with Crippen LogP contribution in [0.1, 0.15) is 21.7 Å². The van der Waals surface area contributed by atoms with E-state index in [1.807, 2.05) is 49.8 Å². The number of nitrogens with one attached hydrogen (secondary N) is 1. The highest BCUT2D eigenvalue weighted by Gasteiger charge is 2.11. The second-order valence-electron chi connectivity index (χ2n) is 6.19. The number of pyridine rings is 1. The summed E-state index contributed by atoms with van der Waals surface area (Å²) < 4.78 is 3.55. The molecule has 26 heavy (non-hydrogen) atoms. The summed E-state index contributed by atoms with van der Waals surface area (Å²) in [6, 6.07) is 11.2. The highest BCUT2D eigenvalue weighted by Crippen LogP contribution is 2.20. The molecule has 0 unspecified atom stereocenters. The van der Waals surface area contributed by atoms with Crippen molar-refractivity contribution >= 4 is 22.6 Å². The molecule has 0 aliphatic rings. The number of carbonyl (C=O) groups excluding carboxylic acids is 1. The molecule has 130 valence electrons. The normalized spacial score (nSPS) is 11.0. The maximum Gasteiger partial charge on any atom is 0.255 e. The zero-order valence-corrected chi connectivity index (χ0v) is 14.8. The van der Waals surface area contributed by atoms with Crippen molar-refractivity contribution in [3.05, 3.63) is 65.7 Å². The number of nitrogens with zero attached hydrogens (tertiary/aromatic N) is 5. The Kier molecular flexibility index (Phi) is 3.76. The molecule has 0 spiro atoms. The van der Waals surface area contributed by atoms with Crippen molar-refractivity contribution in [3.8, 4) is 5.69 Å². The van der Waals surface area contributed by atoms with Crippen molar-refractivity contribution in [2.75, 3.05) is 5.32 Å². The van der Waals surface area contributed by atoms with Gasteiger partial charge >= 0.3 is 0 Å². The highest BCUT2D eigenvalue weighted by atomic mass is 16.1. The number of amides is 1. The Morgan fingerprint density at radius 1 is 1.12 bits per heavy atom. The summed E-state index contributed by atoms with van der Waals surface area (Å²) in [7, 11) is 1.85. The Morgan fingerprint density at radius 2 is 1.88 bits per heavy atom. The lowest BCUT2D eigenvalue weighted by Gasteiger charge is -2.07. The largest absolute Gasteiger partial charge is 0.321 e. The van der Waals surface area contributed by atoms with Crippen molar-refractivity contribution in [1.82, 2.24) is 24.5 Å². The fourth-order valence-electron chi connectivity index (χ4n) is 2.97. The third kappa shape index (κ3) is 2.73. The van der Waals surface area contributed by atoms with Crippen LogP contribution in [0.3, 0.4) is 0 Å². The first kappa shape index (κ1) is 16.0. The quantitative estimate of drug-likeness (QED) is 0.618. The van der Waals surface area contributed by atoms with Crippen LogP contribution in [-0.4, -0.2) is 30.5 Å². The number of rotatable bonds is 3. The number of hydrogen-bond donors (Lipinski definition) is 1. The number of fused-ring (bicyclic) bond motifs is 1. The number of hydrogen-bond acceptors (Lipinski definition) is 4. The number of aromatic nitrogens is 5. The lowest BCUT2D eigenvalue weighted by molar-refractivity contribution is 0.102. The molecule has 0 aliphatic carbocycles. The molecule has 3 aromatic heterocycles. The zero-order chi connectivity index (χ0) is 18.3. The predicted molar refractivity (Wildman–Crippen MR) is 99.5 cm³/mol. The molecule has 7 nitrogen and oxygen atoms in total. The molecular formula is C19H18N6O. The van der Waals surface area contributed by atoms with Gasteiger partial charge in [-0.25, -0.2) is 9.67 Å². The van der Waals surface area contributed by atoms with E-state index in [-0.39, 0.29) is 5.91 Å². The van der Waals surface area contributed by atoms with Gasteiger partial charge in [-0.1, -0.05) is 0 Å². The third-order valence-corrected chi connectivity index (χ3v) is 4.33.